The predicted molar refractivity (Wildman–Crippen MR) is 96.1 cm³/mol. The van der Waals surface area contributed by atoms with Gasteiger partial charge < -0.3 is 9.64 Å². The van der Waals surface area contributed by atoms with Gasteiger partial charge in [-0.05, 0) is 44.4 Å². The van der Waals surface area contributed by atoms with Crippen LogP contribution in [0.1, 0.15) is 58.4 Å². The van der Waals surface area contributed by atoms with E-state index < -0.39 is 0 Å². The van der Waals surface area contributed by atoms with Gasteiger partial charge in [-0.3, -0.25) is 0 Å². The van der Waals surface area contributed by atoms with Crippen molar-refractivity contribution in [1.29, 1.82) is 0 Å². The maximum atomic E-state index is 6.54. The first-order chi connectivity index (χ1) is 10.6. The van der Waals surface area contributed by atoms with Crippen LogP contribution < -0.4 is 4.90 Å². The molecule has 2 nitrogen and oxygen atoms in total. The largest absolute Gasteiger partial charge is 0.372 e. The minimum absolute atomic E-state index is 0.262. The minimum atomic E-state index is 0.262. The second-order valence-electron chi connectivity index (χ2n) is 6.61. The Morgan fingerprint density at radius 3 is 2.41 bits per heavy atom. The molecule has 0 saturated carbocycles. The molecule has 3 heteroatoms. The molecule has 1 aliphatic heterocycles. The number of anilines is 1. The molecule has 0 radical (unpaired) electrons. The van der Waals surface area contributed by atoms with Gasteiger partial charge in [-0.15, -0.1) is 0 Å². The lowest BCUT2D eigenvalue weighted by atomic mass is 10.0. The molecule has 0 bridgehead atoms. The lowest BCUT2D eigenvalue weighted by molar-refractivity contribution is -0.00520. The third-order valence-corrected chi connectivity index (χ3v) is 4.64. The molecular formula is C19H30ClNO. The monoisotopic (exact) mass is 323 g/mol. The van der Waals surface area contributed by atoms with E-state index in [9.17, 15) is 0 Å². The lowest BCUT2D eigenvalue weighted by Gasteiger charge is -2.37. The Hall–Kier alpha value is -0.730. The number of ether oxygens (including phenoxy) is 1. The van der Waals surface area contributed by atoms with E-state index in [0.717, 1.165) is 30.2 Å². The Kier molecular flexibility index (Phi) is 7.04. The number of morpholine rings is 1. The van der Waals surface area contributed by atoms with Crippen LogP contribution in [0.3, 0.4) is 0 Å². The van der Waals surface area contributed by atoms with Crippen LogP contribution in [-0.4, -0.2) is 25.3 Å². The van der Waals surface area contributed by atoms with E-state index in [4.69, 9.17) is 16.3 Å². The number of benzene rings is 1. The number of hydrogen-bond acceptors (Lipinski definition) is 2. The Bertz CT molecular complexity index is 453. The average molecular weight is 324 g/mol. The maximum absolute atomic E-state index is 6.54. The summed E-state index contributed by atoms with van der Waals surface area (Å²) in [5.74, 6) is 0. The fourth-order valence-electron chi connectivity index (χ4n) is 3.27. The fraction of sp³-hybridized carbons (Fsp3) is 0.684. The van der Waals surface area contributed by atoms with Crippen molar-refractivity contribution in [3.8, 4) is 0 Å². The summed E-state index contributed by atoms with van der Waals surface area (Å²) in [4.78, 5) is 2.35. The molecule has 2 rings (SSSR count). The van der Waals surface area contributed by atoms with E-state index in [2.05, 4.69) is 43.9 Å². The molecule has 2 atom stereocenters. The highest BCUT2D eigenvalue weighted by atomic mass is 35.5. The highest BCUT2D eigenvalue weighted by Gasteiger charge is 2.23. The van der Waals surface area contributed by atoms with Crippen LogP contribution in [0.15, 0.2) is 18.2 Å². The molecule has 1 aliphatic rings. The van der Waals surface area contributed by atoms with Crippen molar-refractivity contribution in [2.75, 3.05) is 18.0 Å². The molecule has 0 aromatic heterocycles. The summed E-state index contributed by atoms with van der Waals surface area (Å²) in [7, 11) is 0. The molecule has 0 unspecified atom stereocenters. The second kappa shape index (κ2) is 8.79. The number of nitrogens with zero attached hydrogens (tertiary/aromatic N) is 1. The molecule has 1 fully saturated rings. The van der Waals surface area contributed by atoms with Gasteiger partial charge in [0.2, 0.25) is 0 Å². The third kappa shape index (κ3) is 5.17. The molecule has 0 amide bonds. The molecule has 1 aromatic carbocycles. The van der Waals surface area contributed by atoms with Crippen molar-refractivity contribution < 1.29 is 4.74 Å². The van der Waals surface area contributed by atoms with Gasteiger partial charge in [-0.2, -0.15) is 0 Å². The molecule has 0 N–H and O–H groups in total. The molecular weight excluding hydrogens is 294 g/mol. The van der Waals surface area contributed by atoms with Gasteiger partial charge in [0.15, 0.2) is 0 Å². The van der Waals surface area contributed by atoms with Gasteiger partial charge in [0.25, 0.3) is 0 Å². The topological polar surface area (TPSA) is 12.5 Å². The van der Waals surface area contributed by atoms with E-state index in [1.54, 1.807) is 0 Å². The Morgan fingerprint density at radius 1 is 1.09 bits per heavy atom. The molecule has 22 heavy (non-hydrogen) atoms. The van der Waals surface area contributed by atoms with Gasteiger partial charge >= 0.3 is 0 Å². The van der Waals surface area contributed by atoms with Crippen LogP contribution in [-0.2, 0) is 11.2 Å². The molecule has 1 aromatic rings. The van der Waals surface area contributed by atoms with Crippen LogP contribution in [0.25, 0.3) is 0 Å². The summed E-state index contributed by atoms with van der Waals surface area (Å²) in [5.41, 5.74) is 2.51. The van der Waals surface area contributed by atoms with Crippen LogP contribution in [0.5, 0.6) is 0 Å². The summed E-state index contributed by atoms with van der Waals surface area (Å²) < 4.78 is 5.80. The first-order valence-corrected chi connectivity index (χ1v) is 9.16. The number of unbranched alkanes of at least 4 members (excludes halogenated alkanes) is 4. The molecule has 124 valence electrons. The van der Waals surface area contributed by atoms with Gasteiger partial charge in [-0.25, -0.2) is 0 Å². The number of rotatable bonds is 7. The Labute approximate surface area is 140 Å². The summed E-state index contributed by atoms with van der Waals surface area (Å²) >= 11 is 6.54. The van der Waals surface area contributed by atoms with Crippen molar-refractivity contribution in [2.45, 2.75) is 71.5 Å². The second-order valence-corrected chi connectivity index (χ2v) is 7.02. The van der Waals surface area contributed by atoms with Crippen molar-refractivity contribution >= 4 is 17.3 Å². The van der Waals surface area contributed by atoms with Gasteiger partial charge in [0, 0.05) is 13.1 Å². The average Bonchev–Trinajstić information content (AvgIpc) is 2.46. The number of hydrogen-bond donors (Lipinski definition) is 0. The van der Waals surface area contributed by atoms with E-state index >= 15 is 0 Å². The fourth-order valence-corrected chi connectivity index (χ4v) is 3.59. The number of aryl methyl sites for hydroxylation is 1. The van der Waals surface area contributed by atoms with Gasteiger partial charge in [0.05, 0.1) is 22.9 Å². The summed E-state index contributed by atoms with van der Waals surface area (Å²) in [6.07, 6.45) is 8.26. The first kappa shape index (κ1) is 17.6. The van der Waals surface area contributed by atoms with E-state index in [0.29, 0.717) is 0 Å². The molecule has 0 spiro atoms. The van der Waals surface area contributed by atoms with Crippen molar-refractivity contribution in [2.24, 2.45) is 0 Å². The summed E-state index contributed by atoms with van der Waals surface area (Å²) in [5, 5.41) is 0.882. The summed E-state index contributed by atoms with van der Waals surface area (Å²) in [6, 6.07) is 6.59. The van der Waals surface area contributed by atoms with Gasteiger partial charge in [-0.1, -0.05) is 50.3 Å². The molecule has 0 aliphatic carbocycles. The summed E-state index contributed by atoms with van der Waals surface area (Å²) in [6.45, 7) is 8.34. The highest BCUT2D eigenvalue weighted by Crippen LogP contribution is 2.30. The molecule has 1 saturated heterocycles. The quantitative estimate of drug-likeness (QED) is 0.617. The zero-order valence-electron chi connectivity index (χ0n) is 14.3. The normalized spacial score (nSPS) is 22.1. The lowest BCUT2D eigenvalue weighted by Crippen LogP contribution is -2.45. The first-order valence-electron chi connectivity index (χ1n) is 8.79. The van der Waals surface area contributed by atoms with Crippen LogP contribution in [0.4, 0.5) is 5.69 Å². The standard InChI is InChI=1S/C19H30ClNO/c1-4-5-6-7-8-9-17-10-11-19(18(20)12-17)21-13-15(2)22-16(3)14-21/h10-12,15-16H,4-9,13-14H2,1-3H3/t15-,16+. The number of halogens is 1. The van der Waals surface area contributed by atoms with Crippen molar-refractivity contribution in [1.82, 2.24) is 0 Å². The Morgan fingerprint density at radius 2 is 1.77 bits per heavy atom. The minimum Gasteiger partial charge on any atom is -0.372 e. The Balaban J connectivity index is 1.91. The van der Waals surface area contributed by atoms with Crippen LogP contribution >= 0.6 is 11.6 Å². The predicted octanol–water partition coefficient (Wildman–Crippen LogP) is 5.47. The van der Waals surface area contributed by atoms with E-state index in [-0.39, 0.29) is 12.2 Å². The maximum Gasteiger partial charge on any atom is 0.0726 e. The molecule has 1 heterocycles. The van der Waals surface area contributed by atoms with Crippen LogP contribution in [0.2, 0.25) is 5.02 Å². The van der Waals surface area contributed by atoms with Crippen molar-refractivity contribution in [3.63, 3.8) is 0 Å². The smallest absolute Gasteiger partial charge is 0.0726 e. The third-order valence-electron chi connectivity index (χ3n) is 4.34. The zero-order valence-corrected chi connectivity index (χ0v) is 15.0. The highest BCUT2D eigenvalue weighted by molar-refractivity contribution is 6.33. The zero-order chi connectivity index (χ0) is 15.9. The SMILES string of the molecule is CCCCCCCc1ccc(N2C[C@@H](C)O[C@@H](C)C2)c(Cl)c1. The van der Waals surface area contributed by atoms with Crippen molar-refractivity contribution in [3.05, 3.63) is 28.8 Å². The van der Waals surface area contributed by atoms with E-state index in [1.807, 2.05) is 0 Å². The van der Waals surface area contributed by atoms with Crippen LogP contribution in [0, 0.1) is 0 Å². The van der Waals surface area contributed by atoms with E-state index in [1.165, 1.54) is 37.7 Å². The van der Waals surface area contributed by atoms with Gasteiger partial charge in [0.1, 0.15) is 0 Å².